The second-order valence-corrected chi connectivity index (χ2v) is 6.67. The molecule has 0 atom stereocenters. The van der Waals surface area contributed by atoms with Gasteiger partial charge in [-0.3, -0.25) is 14.5 Å². The minimum absolute atomic E-state index is 0.00838. The summed E-state index contributed by atoms with van der Waals surface area (Å²) in [4.78, 5) is 30.4. The Morgan fingerprint density at radius 1 is 1.07 bits per heavy atom. The zero-order valence-electron chi connectivity index (χ0n) is 16.4. The SMILES string of the molecule is CCN(CC(=O)Nc1ccc(OC)cc1)CC(=O)c1c(C)[nH]c2ccccc12. The molecule has 0 fully saturated rings. The fourth-order valence-corrected chi connectivity index (χ4v) is 3.28. The molecule has 6 heteroatoms. The van der Waals surface area contributed by atoms with Gasteiger partial charge in [0.15, 0.2) is 5.78 Å². The van der Waals surface area contributed by atoms with Crippen molar-refractivity contribution in [3.63, 3.8) is 0 Å². The first-order valence-corrected chi connectivity index (χ1v) is 9.28. The van der Waals surface area contributed by atoms with E-state index in [-0.39, 0.29) is 24.8 Å². The number of anilines is 1. The van der Waals surface area contributed by atoms with Crippen molar-refractivity contribution >= 4 is 28.3 Å². The smallest absolute Gasteiger partial charge is 0.238 e. The van der Waals surface area contributed by atoms with Gasteiger partial charge in [-0.15, -0.1) is 0 Å². The topological polar surface area (TPSA) is 74.4 Å². The van der Waals surface area contributed by atoms with Crippen LogP contribution in [0, 0.1) is 6.92 Å². The summed E-state index contributed by atoms with van der Waals surface area (Å²) in [6.07, 6.45) is 0. The number of nitrogens with one attached hydrogen (secondary N) is 2. The Kier molecular flexibility index (Phi) is 6.11. The number of benzene rings is 2. The highest BCUT2D eigenvalue weighted by Gasteiger charge is 2.19. The van der Waals surface area contributed by atoms with Gasteiger partial charge in [-0.1, -0.05) is 25.1 Å². The van der Waals surface area contributed by atoms with Crippen LogP contribution in [0.3, 0.4) is 0 Å². The van der Waals surface area contributed by atoms with Crippen molar-refractivity contribution in [1.82, 2.24) is 9.88 Å². The van der Waals surface area contributed by atoms with Gasteiger partial charge in [0, 0.05) is 27.8 Å². The van der Waals surface area contributed by atoms with Crippen LogP contribution in [0.5, 0.6) is 5.75 Å². The van der Waals surface area contributed by atoms with E-state index < -0.39 is 0 Å². The summed E-state index contributed by atoms with van der Waals surface area (Å²) in [5.74, 6) is 0.581. The van der Waals surface area contributed by atoms with Gasteiger partial charge >= 0.3 is 0 Å². The number of aryl methyl sites for hydroxylation is 1. The van der Waals surface area contributed by atoms with Crippen LogP contribution >= 0.6 is 0 Å². The molecule has 0 saturated heterocycles. The molecule has 1 amide bonds. The number of Topliss-reactive ketones (excluding diaryl/α,β-unsaturated/α-hetero) is 1. The molecule has 2 N–H and O–H groups in total. The van der Waals surface area contributed by atoms with Crippen LogP contribution in [0.2, 0.25) is 0 Å². The van der Waals surface area contributed by atoms with E-state index in [4.69, 9.17) is 4.74 Å². The van der Waals surface area contributed by atoms with Gasteiger partial charge in [-0.05, 0) is 43.8 Å². The van der Waals surface area contributed by atoms with E-state index in [1.165, 1.54) is 0 Å². The number of ketones is 1. The Balaban J connectivity index is 1.65. The largest absolute Gasteiger partial charge is 0.497 e. The quantitative estimate of drug-likeness (QED) is 0.586. The summed E-state index contributed by atoms with van der Waals surface area (Å²) in [6, 6.07) is 14.9. The summed E-state index contributed by atoms with van der Waals surface area (Å²) in [7, 11) is 1.60. The summed E-state index contributed by atoms with van der Waals surface area (Å²) in [5, 5.41) is 3.77. The van der Waals surface area contributed by atoms with Crippen LogP contribution in [-0.4, -0.2) is 48.3 Å². The van der Waals surface area contributed by atoms with Crippen molar-refractivity contribution in [3.05, 3.63) is 59.8 Å². The predicted octanol–water partition coefficient (Wildman–Crippen LogP) is 3.63. The highest BCUT2D eigenvalue weighted by Crippen LogP contribution is 2.22. The van der Waals surface area contributed by atoms with Gasteiger partial charge < -0.3 is 15.0 Å². The molecule has 28 heavy (non-hydrogen) atoms. The van der Waals surface area contributed by atoms with Gasteiger partial charge in [0.25, 0.3) is 0 Å². The fourth-order valence-electron chi connectivity index (χ4n) is 3.28. The molecule has 0 spiro atoms. The number of H-pyrrole nitrogens is 1. The number of likely N-dealkylation sites (N-methyl/N-ethyl adjacent to an activating group) is 1. The molecule has 3 rings (SSSR count). The Hall–Kier alpha value is -3.12. The maximum Gasteiger partial charge on any atom is 0.238 e. The van der Waals surface area contributed by atoms with Crippen LogP contribution in [0.15, 0.2) is 48.5 Å². The molecule has 0 unspecified atom stereocenters. The maximum absolute atomic E-state index is 12.9. The number of aromatic amines is 1. The molecule has 0 aliphatic rings. The van der Waals surface area contributed by atoms with E-state index in [2.05, 4.69) is 10.3 Å². The van der Waals surface area contributed by atoms with Crippen molar-refractivity contribution < 1.29 is 14.3 Å². The Morgan fingerprint density at radius 2 is 1.79 bits per heavy atom. The number of hydrogen-bond donors (Lipinski definition) is 2. The van der Waals surface area contributed by atoms with Gasteiger partial charge in [-0.2, -0.15) is 0 Å². The monoisotopic (exact) mass is 379 g/mol. The van der Waals surface area contributed by atoms with Crippen LogP contribution in [0.1, 0.15) is 23.0 Å². The lowest BCUT2D eigenvalue weighted by molar-refractivity contribution is -0.117. The second kappa shape index (κ2) is 8.71. The number of ether oxygens (including phenoxy) is 1. The normalized spacial score (nSPS) is 11.0. The lowest BCUT2D eigenvalue weighted by Crippen LogP contribution is -2.37. The second-order valence-electron chi connectivity index (χ2n) is 6.67. The summed E-state index contributed by atoms with van der Waals surface area (Å²) < 4.78 is 5.11. The first-order valence-electron chi connectivity index (χ1n) is 9.28. The molecule has 1 aromatic heterocycles. The number of carbonyl (C=O) groups excluding carboxylic acids is 2. The van der Waals surface area contributed by atoms with Gasteiger partial charge in [0.05, 0.1) is 20.2 Å². The number of amides is 1. The van der Waals surface area contributed by atoms with Crippen molar-refractivity contribution in [3.8, 4) is 5.75 Å². The molecule has 0 aliphatic heterocycles. The zero-order chi connectivity index (χ0) is 20.1. The molecule has 0 aliphatic carbocycles. The predicted molar refractivity (Wildman–Crippen MR) is 111 cm³/mol. The number of aromatic nitrogens is 1. The third kappa shape index (κ3) is 4.40. The number of hydrogen-bond acceptors (Lipinski definition) is 4. The molecule has 1 heterocycles. The summed E-state index contributed by atoms with van der Waals surface area (Å²) in [6.45, 7) is 4.78. The minimum atomic E-state index is -0.157. The summed E-state index contributed by atoms with van der Waals surface area (Å²) >= 11 is 0. The van der Waals surface area contributed by atoms with Crippen molar-refractivity contribution in [2.45, 2.75) is 13.8 Å². The van der Waals surface area contributed by atoms with E-state index in [0.717, 1.165) is 22.3 Å². The van der Waals surface area contributed by atoms with Crippen molar-refractivity contribution in [2.75, 3.05) is 32.1 Å². The zero-order valence-corrected chi connectivity index (χ0v) is 16.4. The van der Waals surface area contributed by atoms with Crippen LogP contribution in [0.4, 0.5) is 5.69 Å². The van der Waals surface area contributed by atoms with Crippen LogP contribution in [-0.2, 0) is 4.79 Å². The number of para-hydroxylation sites is 1. The number of methoxy groups -OCH3 is 1. The Bertz CT molecular complexity index is 976. The van der Waals surface area contributed by atoms with Crippen molar-refractivity contribution in [2.24, 2.45) is 0 Å². The van der Waals surface area contributed by atoms with E-state index in [1.807, 2.05) is 43.0 Å². The average molecular weight is 379 g/mol. The Morgan fingerprint density at radius 3 is 2.46 bits per heavy atom. The standard InChI is InChI=1S/C22H25N3O3/c1-4-25(14-21(27)24-16-9-11-17(28-3)12-10-16)13-20(26)22-15(2)23-19-8-6-5-7-18(19)22/h5-12,23H,4,13-14H2,1-3H3,(H,24,27). The Labute approximate surface area is 164 Å². The molecule has 146 valence electrons. The molecule has 6 nitrogen and oxygen atoms in total. The highest BCUT2D eigenvalue weighted by atomic mass is 16.5. The molecular weight excluding hydrogens is 354 g/mol. The van der Waals surface area contributed by atoms with Gasteiger partial charge in [0.1, 0.15) is 5.75 Å². The van der Waals surface area contributed by atoms with E-state index in [1.54, 1.807) is 31.4 Å². The first kappa shape index (κ1) is 19.6. The first-order chi connectivity index (χ1) is 13.5. The van der Waals surface area contributed by atoms with E-state index >= 15 is 0 Å². The third-order valence-electron chi connectivity index (χ3n) is 4.73. The molecule has 0 saturated carbocycles. The number of nitrogens with zero attached hydrogens (tertiary/aromatic N) is 1. The minimum Gasteiger partial charge on any atom is -0.497 e. The van der Waals surface area contributed by atoms with Gasteiger partial charge in [-0.25, -0.2) is 0 Å². The van der Waals surface area contributed by atoms with Crippen molar-refractivity contribution in [1.29, 1.82) is 0 Å². The third-order valence-corrected chi connectivity index (χ3v) is 4.73. The maximum atomic E-state index is 12.9. The van der Waals surface area contributed by atoms with Crippen LogP contribution in [0.25, 0.3) is 10.9 Å². The molecule has 3 aromatic rings. The summed E-state index contributed by atoms with van der Waals surface area (Å²) in [5.41, 5.74) is 3.19. The number of rotatable bonds is 8. The molecule has 2 aromatic carbocycles. The fraction of sp³-hybridized carbons (Fsp3) is 0.273. The number of fused-ring (bicyclic) bond motifs is 1. The van der Waals surface area contributed by atoms with E-state index in [0.29, 0.717) is 17.8 Å². The average Bonchev–Trinajstić information content (AvgIpc) is 3.03. The lowest BCUT2D eigenvalue weighted by Gasteiger charge is -2.19. The lowest BCUT2D eigenvalue weighted by atomic mass is 10.1. The number of carbonyl (C=O) groups is 2. The highest BCUT2D eigenvalue weighted by molar-refractivity contribution is 6.10. The van der Waals surface area contributed by atoms with Crippen LogP contribution < -0.4 is 10.1 Å². The van der Waals surface area contributed by atoms with E-state index in [9.17, 15) is 9.59 Å². The molecule has 0 radical (unpaired) electrons. The molecular formula is C22H25N3O3. The molecule has 0 bridgehead atoms. The van der Waals surface area contributed by atoms with Gasteiger partial charge in [0.2, 0.25) is 5.91 Å².